The van der Waals surface area contributed by atoms with Crippen LogP contribution in [0.15, 0.2) is 4.99 Å². The smallest absolute Gasteiger partial charge is 0.306 e. The van der Waals surface area contributed by atoms with Gasteiger partial charge in [0.1, 0.15) is 11.2 Å². The Kier molecular flexibility index (Phi) is 5.54. The molecule has 120 valence electrons. The van der Waals surface area contributed by atoms with Crippen molar-refractivity contribution >= 4 is 18.2 Å². The number of nitrogens with zero attached hydrogens (tertiary/aromatic N) is 1. The van der Waals surface area contributed by atoms with Crippen molar-refractivity contribution in [3.8, 4) is 0 Å². The van der Waals surface area contributed by atoms with Crippen molar-refractivity contribution in [2.75, 3.05) is 6.54 Å². The van der Waals surface area contributed by atoms with Gasteiger partial charge in [-0.05, 0) is 47.5 Å². The largest absolute Gasteiger partial charge is 0.460 e. The Bertz CT molecular complexity index is 415. The Hall–Kier alpha value is -1.39. The van der Waals surface area contributed by atoms with Crippen LogP contribution in [0.1, 0.15) is 54.4 Å². The third kappa shape index (κ3) is 7.25. The quantitative estimate of drug-likeness (QED) is 0.748. The minimum absolute atomic E-state index is 0.0207. The Labute approximate surface area is 127 Å². The number of hydrogen-bond acceptors (Lipinski definition) is 5. The third-order valence-corrected chi connectivity index (χ3v) is 2.91. The van der Waals surface area contributed by atoms with Crippen LogP contribution < -0.4 is 0 Å². The summed E-state index contributed by atoms with van der Waals surface area (Å²) in [4.78, 5) is 28.0. The van der Waals surface area contributed by atoms with Crippen LogP contribution in [0, 0.1) is 11.8 Å². The number of aliphatic imine (C=N–C) groups is 1. The first-order valence-electron chi connectivity index (χ1n) is 7.40. The molecule has 0 aromatic carbocycles. The van der Waals surface area contributed by atoms with E-state index in [0.29, 0.717) is 6.54 Å². The van der Waals surface area contributed by atoms with Gasteiger partial charge in [-0.2, -0.15) is 0 Å². The normalized spacial score (nSPS) is 22.2. The molecular formula is C16H27NO4. The van der Waals surface area contributed by atoms with E-state index in [1.165, 1.54) is 0 Å². The van der Waals surface area contributed by atoms with Crippen LogP contribution in [0.25, 0.3) is 0 Å². The molecule has 2 atom stereocenters. The van der Waals surface area contributed by atoms with E-state index in [0.717, 1.165) is 0 Å². The molecule has 0 spiro atoms. The van der Waals surface area contributed by atoms with Gasteiger partial charge in [-0.1, -0.05) is 0 Å². The van der Waals surface area contributed by atoms with E-state index >= 15 is 0 Å². The fraction of sp³-hybridized carbons (Fsp3) is 0.812. The summed E-state index contributed by atoms with van der Waals surface area (Å²) in [6, 6.07) is 0. The van der Waals surface area contributed by atoms with E-state index in [1.54, 1.807) is 6.21 Å². The van der Waals surface area contributed by atoms with Crippen LogP contribution in [0.2, 0.25) is 0 Å². The van der Waals surface area contributed by atoms with Crippen LogP contribution in [0.5, 0.6) is 0 Å². The van der Waals surface area contributed by atoms with Crippen LogP contribution >= 0.6 is 0 Å². The predicted octanol–water partition coefficient (Wildman–Crippen LogP) is 2.77. The highest BCUT2D eigenvalue weighted by Gasteiger charge is 2.31. The zero-order chi connectivity index (χ0) is 16.3. The maximum Gasteiger partial charge on any atom is 0.306 e. The number of carbonyl (C=O) groups is 2. The summed E-state index contributed by atoms with van der Waals surface area (Å²) in [6.45, 7) is 11.6. The molecule has 0 saturated carbocycles. The van der Waals surface area contributed by atoms with Gasteiger partial charge in [0.25, 0.3) is 0 Å². The summed E-state index contributed by atoms with van der Waals surface area (Å²) in [6.07, 6.45) is 2.30. The highest BCUT2D eigenvalue weighted by molar-refractivity contribution is 5.78. The van der Waals surface area contributed by atoms with Crippen molar-refractivity contribution in [1.29, 1.82) is 0 Å². The van der Waals surface area contributed by atoms with Crippen LogP contribution in [-0.2, 0) is 19.1 Å². The lowest BCUT2D eigenvalue weighted by Gasteiger charge is -2.24. The first kappa shape index (κ1) is 17.7. The molecule has 0 amide bonds. The molecule has 1 rings (SSSR count). The molecule has 5 heteroatoms. The van der Waals surface area contributed by atoms with Crippen molar-refractivity contribution in [2.24, 2.45) is 16.8 Å². The first-order valence-corrected chi connectivity index (χ1v) is 7.40. The average Bonchev–Trinajstić information content (AvgIpc) is 2.59. The van der Waals surface area contributed by atoms with E-state index in [9.17, 15) is 9.59 Å². The Morgan fingerprint density at radius 2 is 1.48 bits per heavy atom. The lowest BCUT2D eigenvalue weighted by molar-refractivity contribution is -0.159. The molecule has 0 bridgehead atoms. The standard InChI is InChI=1S/C16H27NO4/c1-15(2,3)20-13(18)7-11-9-17-10-12(11)8-14(19)21-16(4,5)6/h9,11-12H,7-8,10H2,1-6H3/t11-,12+/m1/s1. The van der Waals surface area contributed by atoms with Gasteiger partial charge in [-0.15, -0.1) is 0 Å². The van der Waals surface area contributed by atoms with Gasteiger partial charge in [0.05, 0.1) is 12.8 Å². The molecule has 0 aromatic heterocycles. The van der Waals surface area contributed by atoms with Crippen LogP contribution in [0.4, 0.5) is 0 Å². The van der Waals surface area contributed by atoms with Gasteiger partial charge in [0.2, 0.25) is 0 Å². The van der Waals surface area contributed by atoms with E-state index in [2.05, 4.69) is 4.99 Å². The van der Waals surface area contributed by atoms with E-state index in [-0.39, 0.29) is 36.6 Å². The summed E-state index contributed by atoms with van der Waals surface area (Å²) < 4.78 is 10.6. The minimum Gasteiger partial charge on any atom is -0.460 e. The summed E-state index contributed by atoms with van der Waals surface area (Å²) in [5.74, 6) is -0.526. The number of carbonyl (C=O) groups excluding carboxylic acids is 2. The molecule has 0 fully saturated rings. The number of hydrogen-bond donors (Lipinski definition) is 0. The second kappa shape index (κ2) is 6.58. The number of rotatable bonds is 4. The van der Waals surface area contributed by atoms with Gasteiger partial charge in [-0.25, -0.2) is 0 Å². The Balaban J connectivity index is 2.50. The van der Waals surface area contributed by atoms with Gasteiger partial charge in [-0.3, -0.25) is 14.6 Å². The first-order chi connectivity index (χ1) is 9.46. The molecule has 0 saturated heterocycles. The van der Waals surface area contributed by atoms with Crippen LogP contribution in [0.3, 0.4) is 0 Å². The van der Waals surface area contributed by atoms with E-state index in [1.807, 2.05) is 41.5 Å². The summed E-state index contributed by atoms with van der Waals surface area (Å²) in [7, 11) is 0. The molecule has 1 aliphatic rings. The lowest BCUT2D eigenvalue weighted by Crippen LogP contribution is -2.29. The van der Waals surface area contributed by atoms with Gasteiger partial charge < -0.3 is 9.47 Å². The summed E-state index contributed by atoms with van der Waals surface area (Å²) in [5.41, 5.74) is -0.981. The molecule has 0 aliphatic carbocycles. The van der Waals surface area contributed by atoms with Crippen molar-refractivity contribution in [3.63, 3.8) is 0 Å². The van der Waals surface area contributed by atoms with Crippen molar-refractivity contribution in [1.82, 2.24) is 0 Å². The molecule has 0 N–H and O–H groups in total. The summed E-state index contributed by atoms with van der Waals surface area (Å²) in [5, 5.41) is 0. The van der Waals surface area contributed by atoms with E-state index < -0.39 is 11.2 Å². The highest BCUT2D eigenvalue weighted by atomic mass is 16.6. The molecule has 0 unspecified atom stereocenters. The maximum absolute atomic E-state index is 11.9. The van der Waals surface area contributed by atoms with Crippen molar-refractivity contribution < 1.29 is 19.1 Å². The zero-order valence-corrected chi connectivity index (χ0v) is 13.9. The van der Waals surface area contributed by atoms with Crippen molar-refractivity contribution in [2.45, 2.75) is 65.6 Å². The Morgan fingerprint density at radius 1 is 1.00 bits per heavy atom. The molecular weight excluding hydrogens is 270 g/mol. The number of ether oxygens (including phenoxy) is 2. The zero-order valence-electron chi connectivity index (χ0n) is 13.9. The molecule has 1 aliphatic heterocycles. The average molecular weight is 297 g/mol. The van der Waals surface area contributed by atoms with Crippen molar-refractivity contribution in [3.05, 3.63) is 0 Å². The molecule has 21 heavy (non-hydrogen) atoms. The second-order valence-electron chi connectivity index (χ2n) is 7.52. The molecule has 0 radical (unpaired) electrons. The molecule has 1 heterocycles. The monoisotopic (exact) mass is 297 g/mol. The summed E-state index contributed by atoms with van der Waals surface area (Å²) >= 11 is 0. The molecule has 5 nitrogen and oxygen atoms in total. The van der Waals surface area contributed by atoms with Crippen LogP contribution in [-0.4, -0.2) is 35.9 Å². The fourth-order valence-electron chi connectivity index (χ4n) is 2.20. The lowest BCUT2D eigenvalue weighted by atomic mass is 9.90. The van der Waals surface area contributed by atoms with Gasteiger partial charge in [0, 0.05) is 18.7 Å². The molecule has 0 aromatic rings. The minimum atomic E-state index is -0.493. The van der Waals surface area contributed by atoms with Gasteiger partial charge in [0.15, 0.2) is 0 Å². The fourth-order valence-corrected chi connectivity index (χ4v) is 2.20. The Morgan fingerprint density at radius 3 is 1.95 bits per heavy atom. The SMILES string of the molecule is CC(C)(C)OC(=O)C[C@H]1CN=C[C@H]1CC(=O)OC(C)(C)C. The predicted molar refractivity (Wildman–Crippen MR) is 81.3 cm³/mol. The third-order valence-electron chi connectivity index (χ3n) is 2.91. The topological polar surface area (TPSA) is 65.0 Å². The van der Waals surface area contributed by atoms with E-state index in [4.69, 9.17) is 9.47 Å². The van der Waals surface area contributed by atoms with Gasteiger partial charge >= 0.3 is 11.9 Å². The highest BCUT2D eigenvalue weighted by Crippen LogP contribution is 2.26. The second-order valence-corrected chi connectivity index (χ2v) is 7.52. The maximum atomic E-state index is 11.9. The number of esters is 2.